The van der Waals surface area contributed by atoms with E-state index in [9.17, 15) is 13.2 Å². The van der Waals surface area contributed by atoms with Gasteiger partial charge in [0.05, 0.1) is 11.4 Å². The largest absolute Gasteiger partial charge is 0.367 e. The van der Waals surface area contributed by atoms with Crippen molar-refractivity contribution in [3.63, 3.8) is 0 Å². The van der Waals surface area contributed by atoms with Crippen molar-refractivity contribution in [1.29, 1.82) is 0 Å². The first kappa shape index (κ1) is 15.6. The van der Waals surface area contributed by atoms with Crippen LogP contribution in [0.3, 0.4) is 0 Å². The number of nitrogens with two attached hydrogens (primary N) is 1. The van der Waals surface area contributed by atoms with Crippen molar-refractivity contribution >= 4 is 22.9 Å². The SMILES string of the molecule is Nc1nc2c3c(ccn3n1)C(c1ccc(F)c(F)c1F)=Nc1ccccc1-2. The lowest BCUT2D eigenvalue weighted by Gasteiger charge is -2.08. The third-order valence-electron chi connectivity index (χ3n) is 4.46. The predicted octanol–water partition coefficient (Wildman–Crippen LogP) is 3.88. The van der Waals surface area contributed by atoms with Gasteiger partial charge in [-0.3, -0.25) is 0 Å². The van der Waals surface area contributed by atoms with Crippen LogP contribution in [-0.2, 0) is 0 Å². The number of hydrogen-bond acceptors (Lipinski definition) is 4. The smallest absolute Gasteiger partial charge is 0.238 e. The molecule has 5 rings (SSSR count). The van der Waals surface area contributed by atoms with Gasteiger partial charge in [-0.05, 0) is 24.3 Å². The standard InChI is InChI=1S/C19H10F3N5/c20-12-6-5-10(14(21)15(12)22)16-11-7-8-27-18(11)17(25-19(23)26-27)9-3-1-2-4-13(9)24-16/h1-8H,(H2,23,26). The van der Waals surface area contributed by atoms with Crippen LogP contribution in [0.4, 0.5) is 24.8 Å². The number of aliphatic imine (C=N–C) groups is 1. The molecule has 0 radical (unpaired) electrons. The van der Waals surface area contributed by atoms with Gasteiger partial charge in [0, 0.05) is 22.9 Å². The summed E-state index contributed by atoms with van der Waals surface area (Å²) in [5.41, 5.74) is 8.58. The summed E-state index contributed by atoms with van der Waals surface area (Å²) in [5, 5.41) is 4.14. The van der Waals surface area contributed by atoms with Crippen LogP contribution < -0.4 is 5.73 Å². The molecule has 0 amide bonds. The van der Waals surface area contributed by atoms with E-state index < -0.39 is 17.5 Å². The molecule has 1 aliphatic rings. The number of para-hydroxylation sites is 1. The fourth-order valence-corrected chi connectivity index (χ4v) is 3.29. The molecule has 0 atom stereocenters. The number of anilines is 1. The second-order valence-corrected chi connectivity index (χ2v) is 6.04. The van der Waals surface area contributed by atoms with Crippen LogP contribution in [0.1, 0.15) is 11.1 Å². The van der Waals surface area contributed by atoms with Gasteiger partial charge in [0.25, 0.3) is 0 Å². The van der Waals surface area contributed by atoms with Crippen LogP contribution in [0.25, 0.3) is 16.8 Å². The van der Waals surface area contributed by atoms with Crippen molar-refractivity contribution in [3.8, 4) is 11.3 Å². The Labute approximate surface area is 150 Å². The molecule has 2 aromatic heterocycles. The van der Waals surface area contributed by atoms with E-state index in [2.05, 4.69) is 15.1 Å². The highest BCUT2D eigenvalue weighted by Gasteiger charge is 2.26. The minimum absolute atomic E-state index is 0.0666. The zero-order chi connectivity index (χ0) is 18.7. The summed E-state index contributed by atoms with van der Waals surface area (Å²) >= 11 is 0. The molecular weight excluding hydrogens is 355 g/mol. The second kappa shape index (κ2) is 5.41. The second-order valence-electron chi connectivity index (χ2n) is 6.04. The van der Waals surface area contributed by atoms with Crippen LogP contribution in [-0.4, -0.2) is 20.3 Å². The molecule has 1 aliphatic heterocycles. The van der Waals surface area contributed by atoms with E-state index in [1.54, 1.807) is 24.4 Å². The zero-order valence-electron chi connectivity index (χ0n) is 13.6. The molecule has 0 fully saturated rings. The fraction of sp³-hybridized carbons (Fsp3) is 0. The molecule has 0 saturated carbocycles. The molecule has 3 heterocycles. The highest BCUT2D eigenvalue weighted by Crippen LogP contribution is 2.38. The quantitative estimate of drug-likeness (QED) is 0.459. The molecule has 0 saturated heterocycles. The Kier molecular flexibility index (Phi) is 3.12. The molecule has 132 valence electrons. The van der Waals surface area contributed by atoms with Gasteiger partial charge in [-0.1, -0.05) is 18.2 Å². The Balaban J connectivity index is 1.93. The number of hydrogen-bond donors (Lipinski definition) is 1. The molecule has 4 aromatic rings. The minimum atomic E-state index is -1.54. The molecule has 0 aliphatic carbocycles. The Morgan fingerprint density at radius 1 is 0.852 bits per heavy atom. The topological polar surface area (TPSA) is 68.6 Å². The monoisotopic (exact) mass is 365 g/mol. The molecular formula is C19H10F3N5. The van der Waals surface area contributed by atoms with Crippen LogP contribution in [0, 0.1) is 17.5 Å². The summed E-state index contributed by atoms with van der Waals surface area (Å²) in [4.78, 5) is 8.88. The lowest BCUT2D eigenvalue weighted by Crippen LogP contribution is -2.09. The molecule has 5 nitrogen and oxygen atoms in total. The number of rotatable bonds is 1. The third-order valence-corrected chi connectivity index (χ3v) is 4.46. The Hall–Kier alpha value is -3.68. The highest BCUT2D eigenvalue weighted by atomic mass is 19.2. The van der Waals surface area contributed by atoms with Crippen molar-refractivity contribution in [2.24, 2.45) is 4.99 Å². The summed E-state index contributed by atoms with van der Waals surface area (Å²) in [6, 6.07) is 10.8. The summed E-state index contributed by atoms with van der Waals surface area (Å²) in [7, 11) is 0. The van der Waals surface area contributed by atoms with E-state index in [0.717, 1.165) is 6.07 Å². The summed E-state index contributed by atoms with van der Waals surface area (Å²) in [5.74, 6) is -4.04. The predicted molar refractivity (Wildman–Crippen MR) is 94.5 cm³/mol. The molecule has 0 unspecified atom stereocenters. The van der Waals surface area contributed by atoms with Crippen LogP contribution in [0.15, 0.2) is 53.7 Å². The maximum Gasteiger partial charge on any atom is 0.238 e. The first-order valence-corrected chi connectivity index (χ1v) is 8.02. The minimum Gasteiger partial charge on any atom is -0.367 e. The number of aromatic nitrogens is 3. The molecule has 2 N–H and O–H groups in total. The van der Waals surface area contributed by atoms with Crippen molar-refractivity contribution in [1.82, 2.24) is 14.6 Å². The zero-order valence-corrected chi connectivity index (χ0v) is 13.6. The summed E-state index contributed by atoms with van der Waals surface area (Å²) in [6.45, 7) is 0. The van der Waals surface area contributed by atoms with E-state index in [1.165, 1.54) is 10.6 Å². The summed E-state index contributed by atoms with van der Waals surface area (Å²) in [6.07, 6.45) is 1.63. The van der Waals surface area contributed by atoms with E-state index in [4.69, 9.17) is 5.73 Å². The maximum atomic E-state index is 14.5. The number of nitrogens with zero attached hydrogens (tertiary/aromatic N) is 4. The van der Waals surface area contributed by atoms with E-state index in [-0.39, 0.29) is 17.2 Å². The molecule has 0 spiro atoms. The van der Waals surface area contributed by atoms with Gasteiger partial charge in [-0.15, -0.1) is 5.10 Å². The number of fused-ring (bicyclic) bond motifs is 2. The van der Waals surface area contributed by atoms with Gasteiger partial charge in [0.1, 0.15) is 11.2 Å². The van der Waals surface area contributed by atoms with Crippen molar-refractivity contribution in [3.05, 3.63) is 77.2 Å². The van der Waals surface area contributed by atoms with Gasteiger partial charge in [-0.25, -0.2) is 27.7 Å². The van der Waals surface area contributed by atoms with Gasteiger partial charge < -0.3 is 5.73 Å². The van der Waals surface area contributed by atoms with Gasteiger partial charge in [-0.2, -0.15) is 0 Å². The first-order valence-electron chi connectivity index (χ1n) is 8.02. The van der Waals surface area contributed by atoms with Crippen molar-refractivity contribution in [2.75, 3.05) is 5.73 Å². The third kappa shape index (κ3) is 2.16. The lowest BCUT2D eigenvalue weighted by atomic mass is 10.0. The van der Waals surface area contributed by atoms with Crippen molar-refractivity contribution < 1.29 is 13.2 Å². The van der Waals surface area contributed by atoms with E-state index >= 15 is 0 Å². The molecule has 0 bridgehead atoms. The number of halogens is 3. The Morgan fingerprint density at radius 3 is 2.52 bits per heavy atom. The molecule has 8 heteroatoms. The van der Waals surface area contributed by atoms with Gasteiger partial charge >= 0.3 is 0 Å². The molecule has 2 aromatic carbocycles. The van der Waals surface area contributed by atoms with Crippen LogP contribution in [0.2, 0.25) is 0 Å². The van der Waals surface area contributed by atoms with Gasteiger partial charge in [0.2, 0.25) is 5.95 Å². The Morgan fingerprint density at radius 2 is 1.67 bits per heavy atom. The average molecular weight is 365 g/mol. The first-order chi connectivity index (χ1) is 13.0. The fourth-order valence-electron chi connectivity index (χ4n) is 3.29. The average Bonchev–Trinajstić information content (AvgIpc) is 3.02. The summed E-state index contributed by atoms with van der Waals surface area (Å²) < 4.78 is 43.3. The normalized spacial score (nSPS) is 12.6. The van der Waals surface area contributed by atoms with Crippen molar-refractivity contribution in [2.45, 2.75) is 0 Å². The van der Waals surface area contributed by atoms with Crippen LogP contribution >= 0.6 is 0 Å². The van der Waals surface area contributed by atoms with E-state index in [0.29, 0.717) is 28.0 Å². The molecule has 27 heavy (non-hydrogen) atoms. The Bertz CT molecular complexity index is 1280. The highest BCUT2D eigenvalue weighted by molar-refractivity contribution is 6.20. The van der Waals surface area contributed by atoms with Gasteiger partial charge in [0.15, 0.2) is 17.5 Å². The number of benzene rings is 2. The van der Waals surface area contributed by atoms with E-state index in [1.807, 2.05) is 12.1 Å². The number of nitrogen functional groups attached to an aromatic ring is 1. The van der Waals surface area contributed by atoms with Crippen LogP contribution in [0.5, 0.6) is 0 Å². The maximum absolute atomic E-state index is 14.5. The lowest BCUT2D eigenvalue weighted by molar-refractivity contribution is 0.446.